The first kappa shape index (κ1) is 15.6. The number of fused-ring (bicyclic) bond motifs is 2. The van der Waals surface area contributed by atoms with E-state index in [0.29, 0.717) is 11.8 Å². The molecule has 1 aromatic rings. The van der Waals surface area contributed by atoms with E-state index in [1.165, 1.54) is 36.1 Å². The zero-order chi connectivity index (χ0) is 14.4. The van der Waals surface area contributed by atoms with Crippen LogP contribution in [0.4, 0.5) is 5.69 Å². The Bertz CT molecular complexity index is 577. The van der Waals surface area contributed by atoms with Crippen molar-refractivity contribution in [3.63, 3.8) is 0 Å². The Hall–Kier alpha value is -1.26. The topological polar surface area (TPSA) is 58.4 Å². The number of benzene rings is 1. The first-order valence-corrected chi connectivity index (χ1v) is 8.12. The summed E-state index contributed by atoms with van der Waals surface area (Å²) in [4.78, 5) is 14.3. The maximum absolute atomic E-state index is 11.9. The van der Waals surface area contributed by atoms with Crippen LogP contribution < -0.4 is 11.1 Å². The van der Waals surface area contributed by atoms with Crippen LogP contribution in [-0.4, -0.2) is 29.9 Å². The highest BCUT2D eigenvalue weighted by molar-refractivity contribution is 5.85. The largest absolute Gasteiger partial charge is 0.384 e. The normalized spacial score (nSPS) is 29.5. The predicted octanol–water partition coefficient (Wildman–Crippen LogP) is 2.16. The fourth-order valence-corrected chi connectivity index (χ4v) is 4.71. The summed E-state index contributed by atoms with van der Waals surface area (Å²) in [6.45, 7) is 2.90. The molecule has 22 heavy (non-hydrogen) atoms. The minimum absolute atomic E-state index is 0. The number of anilines is 1. The summed E-state index contributed by atoms with van der Waals surface area (Å²) in [7, 11) is 0. The molecule has 1 saturated heterocycles. The Morgan fingerprint density at radius 3 is 3.05 bits per heavy atom. The van der Waals surface area contributed by atoms with Crippen LogP contribution in [0.15, 0.2) is 18.2 Å². The fourth-order valence-electron chi connectivity index (χ4n) is 4.71. The third-order valence-electron chi connectivity index (χ3n) is 5.58. The fraction of sp³-hybridized carbons (Fsp3) is 0.588. The number of rotatable bonds is 3. The Morgan fingerprint density at radius 2 is 2.23 bits per heavy atom. The number of halogens is 1. The van der Waals surface area contributed by atoms with Crippen LogP contribution in [0.3, 0.4) is 0 Å². The van der Waals surface area contributed by atoms with Gasteiger partial charge in [-0.3, -0.25) is 9.69 Å². The molecule has 1 amide bonds. The van der Waals surface area contributed by atoms with Gasteiger partial charge in [-0.25, -0.2) is 0 Å². The standard InChI is InChI=1S/C17H23N3O.ClH/c18-17(21)16-14-6-2-4-12(14)9-20(16)10-13-5-1-3-11-7-8-19-15(11)13;/h1,3,5,12,14,16,19H,2,4,6-10H2,(H2,18,21);1H. The molecule has 0 bridgehead atoms. The summed E-state index contributed by atoms with van der Waals surface area (Å²) in [6.07, 6.45) is 4.79. The van der Waals surface area contributed by atoms with Crippen molar-refractivity contribution in [2.24, 2.45) is 17.6 Å². The number of amides is 1. The van der Waals surface area contributed by atoms with Crippen molar-refractivity contribution < 1.29 is 4.79 Å². The van der Waals surface area contributed by atoms with E-state index in [2.05, 4.69) is 28.4 Å². The van der Waals surface area contributed by atoms with Gasteiger partial charge in [-0.1, -0.05) is 24.6 Å². The summed E-state index contributed by atoms with van der Waals surface area (Å²) in [6, 6.07) is 6.46. The highest BCUT2D eigenvalue weighted by Gasteiger charge is 2.46. The van der Waals surface area contributed by atoms with E-state index in [1.807, 2.05) is 0 Å². The molecule has 1 aliphatic carbocycles. The van der Waals surface area contributed by atoms with E-state index in [9.17, 15) is 4.79 Å². The van der Waals surface area contributed by atoms with Gasteiger partial charge in [-0.05, 0) is 42.2 Å². The molecule has 4 nitrogen and oxygen atoms in total. The average Bonchev–Trinajstić information content (AvgIpc) is 3.11. The van der Waals surface area contributed by atoms with Crippen LogP contribution >= 0.6 is 12.4 Å². The Labute approximate surface area is 137 Å². The number of para-hydroxylation sites is 1. The zero-order valence-electron chi connectivity index (χ0n) is 12.8. The summed E-state index contributed by atoms with van der Waals surface area (Å²) < 4.78 is 0. The lowest BCUT2D eigenvalue weighted by molar-refractivity contribution is -0.123. The first-order valence-electron chi connectivity index (χ1n) is 8.12. The smallest absolute Gasteiger partial charge is 0.235 e. The average molecular weight is 322 g/mol. The van der Waals surface area contributed by atoms with E-state index in [1.54, 1.807) is 0 Å². The van der Waals surface area contributed by atoms with Crippen LogP contribution in [0.25, 0.3) is 0 Å². The minimum Gasteiger partial charge on any atom is -0.384 e. The zero-order valence-corrected chi connectivity index (χ0v) is 13.6. The molecule has 5 heteroatoms. The molecule has 2 fully saturated rings. The lowest BCUT2D eigenvalue weighted by Crippen LogP contribution is -2.43. The van der Waals surface area contributed by atoms with Crippen LogP contribution in [0.1, 0.15) is 30.4 Å². The monoisotopic (exact) mass is 321 g/mol. The maximum Gasteiger partial charge on any atom is 0.235 e. The van der Waals surface area contributed by atoms with Gasteiger partial charge in [0.15, 0.2) is 0 Å². The molecule has 120 valence electrons. The van der Waals surface area contributed by atoms with Gasteiger partial charge in [0.2, 0.25) is 5.91 Å². The third-order valence-corrected chi connectivity index (χ3v) is 5.58. The SMILES string of the molecule is Cl.NC(=O)C1C2CCCC2CN1Cc1cccc2c1NCC2. The Morgan fingerprint density at radius 1 is 1.36 bits per heavy atom. The van der Waals surface area contributed by atoms with Gasteiger partial charge in [-0.15, -0.1) is 12.4 Å². The molecular formula is C17H24ClN3O. The van der Waals surface area contributed by atoms with Gasteiger partial charge in [0.05, 0.1) is 6.04 Å². The van der Waals surface area contributed by atoms with E-state index >= 15 is 0 Å². The molecule has 2 aliphatic heterocycles. The van der Waals surface area contributed by atoms with Crippen LogP contribution in [-0.2, 0) is 17.8 Å². The van der Waals surface area contributed by atoms with Gasteiger partial charge in [0.25, 0.3) is 0 Å². The molecule has 3 atom stereocenters. The van der Waals surface area contributed by atoms with Gasteiger partial charge in [0.1, 0.15) is 0 Å². The predicted molar refractivity (Wildman–Crippen MR) is 90.1 cm³/mol. The lowest BCUT2D eigenvalue weighted by atomic mass is 9.93. The molecule has 3 unspecified atom stereocenters. The second kappa shape index (κ2) is 6.09. The van der Waals surface area contributed by atoms with Crippen molar-refractivity contribution in [1.29, 1.82) is 0 Å². The highest BCUT2D eigenvalue weighted by atomic mass is 35.5. The summed E-state index contributed by atoms with van der Waals surface area (Å²) in [5.41, 5.74) is 9.73. The lowest BCUT2D eigenvalue weighted by Gasteiger charge is -2.26. The van der Waals surface area contributed by atoms with Crippen molar-refractivity contribution in [2.45, 2.75) is 38.3 Å². The van der Waals surface area contributed by atoms with Crippen molar-refractivity contribution >= 4 is 24.0 Å². The number of likely N-dealkylation sites (tertiary alicyclic amines) is 1. The molecule has 0 spiro atoms. The number of nitrogens with one attached hydrogen (secondary N) is 1. The van der Waals surface area contributed by atoms with E-state index in [0.717, 1.165) is 26.1 Å². The second-order valence-electron chi connectivity index (χ2n) is 6.76. The van der Waals surface area contributed by atoms with Crippen molar-refractivity contribution in [3.05, 3.63) is 29.3 Å². The Kier molecular flexibility index (Phi) is 4.33. The minimum atomic E-state index is -0.134. The number of carbonyl (C=O) groups excluding carboxylic acids is 1. The maximum atomic E-state index is 11.9. The van der Waals surface area contributed by atoms with Crippen molar-refractivity contribution in [2.75, 3.05) is 18.4 Å². The van der Waals surface area contributed by atoms with E-state index in [4.69, 9.17) is 5.73 Å². The molecule has 2 heterocycles. The summed E-state index contributed by atoms with van der Waals surface area (Å²) in [5.74, 6) is 1.03. The number of nitrogens with two attached hydrogens (primary N) is 1. The number of carbonyl (C=O) groups is 1. The van der Waals surface area contributed by atoms with Crippen molar-refractivity contribution in [3.8, 4) is 0 Å². The van der Waals surface area contributed by atoms with Gasteiger partial charge in [0, 0.05) is 25.3 Å². The van der Waals surface area contributed by atoms with Crippen LogP contribution in [0.5, 0.6) is 0 Å². The van der Waals surface area contributed by atoms with Gasteiger partial charge < -0.3 is 11.1 Å². The van der Waals surface area contributed by atoms with Gasteiger partial charge in [-0.2, -0.15) is 0 Å². The van der Waals surface area contributed by atoms with Crippen molar-refractivity contribution in [1.82, 2.24) is 4.90 Å². The molecule has 0 radical (unpaired) electrons. The van der Waals surface area contributed by atoms with Gasteiger partial charge >= 0.3 is 0 Å². The number of hydrogen-bond donors (Lipinski definition) is 2. The molecule has 4 rings (SSSR count). The molecule has 1 aromatic carbocycles. The second-order valence-corrected chi connectivity index (χ2v) is 6.76. The quantitative estimate of drug-likeness (QED) is 0.897. The molecule has 0 aromatic heterocycles. The van der Waals surface area contributed by atoms with Crippen LogP contribution in [0, 0.1) is 11.8 Å². The number of hydrogen-bond acceptors (Lipinski definition) is 3. The van der Waals surface area contributed by atoms with Crippen LogP contribution in [0.2, 0.25) is 0 Å². The first-order chi connectivity index (χ1) is 10.2. The van der Waals surface area contributed by atoms with E-state index < -0.39 is 0 Å². The molecule has 3 aliphatic rings. The van der Waals surface area contributed by atoms with E-state index in [-0.39, 0.29) is 24.4 Å². The Balaban J connectivity index is 0.00000144. The highest BCUT2D eigenvalue weighted by Crippen LogP contribution is 2.43. The number of primary amides is 1. The number of nitrogens with zero attached hydrogens (tertiary/aromatic N) is 1. The third kappa shape index (κ3) is 2.48. The molecular weight excluding hydrogens is 298 g/mol. The summed E-state index contributed by atoms with van der Waals surface area (Å²) in [5, 5.41) is 3.49. The molecule has 1 saturated carbocycles. The summed E-state index contributed by atoms with van der Waals surface area (Å²) >= 11 is 0. The molecule has 3 N–H and O–H groups in total.